The van der Waals surface area contributed by atoms with E-state index in [1.54, 1.807) is 12.1 Å². The lowest BCUT2D eigenvalue weighted by atomic mass is 9.97. The molecule has 0 aromatic carbocycles. The molecule has 1 aromatic rings. The predicted molar refractivity (Wildman–Crippen MR) is 60.5 cm³/mol. The van der Waals surface area contributed by atoms with Crippen molar-refractivity contribution in [3.63, 3.8) is 0 Å². The molecule has 1 aliphatic heterocycles. The van der Waals surface area contributed by atoms with Crippen molar-refractivity contribution < 1.29 is 18.7 Å². The maximum Gasteiger partial charge on any atom is 0.373 e. The van der Waals surface area contributed by atoms with Crippen LogP contribution in [0.15, 0.2) is 16.5 Å². The van der Waals surface area contributed by atoms with Crippen molar-refractivity contribution in [2.24, 2.45) is 11.7 Å². The van der Waals surface area contributed by atoms with E-state index in [9.17, 15) is 4.79 Å². The topological polar surface area (TPSA) is 74.7 Å². The van der Waals surface area contributed by atoms with Crippen LogP contribution < -0.4 is 5.73 Å². The minimum atomic E-state index is -0.496. The lowest BCUT2D eigenvalue weighted by Crippen LogP contribution is -2.29. The number of esters is 1. The van der Waals surface area contributed by atoms with E-state index in [1.165, 1.54) is 7.11 Å². The third-order valence-electron chi connectivity index (χ3n) is 3.14. The molecule has 1 saturated heterocycles. The molecule has 1 aromatic heterocycles. The summed E-state index contributed by atoms with van der Waals surface area (Å²) in [6.07, 6.45) is 0.954. The Hall–Kier alpha value is -1.33. The number of carbonyl (C=O) groups is 1. The number of rotatable bonds is 3. The fraction of sp³-hybridized carbons (Fsp3) is 0.583. The van der Waals surface area contributed by atoms with Gasteiger partial charge in [-0.05, 0) is 24.5 Å². The van der Waals surface area contributed by atoms with Crippen molar-refractivity contribution in [1.82, 2.24) is 0 Å². The largest absolute Gasteiger partial charge is 0.463 e. The number of hydrogen-bond donors (Lipinski definition) is 1. The van der Waals surface area contributed by atoms with Crippen LogP contribution in [0.25, 0.3) is 0 Å². The summed E-state index contributed by atoms with van der Waals surface area (Å²) in [5.41, 5.74) is 6.07. The van der Waals surface area contributed by atoms with Crippen LogP contribution in [-0.2, 0) is 9.47 Å². The molecule has 0 aliphatic carbocycles. The molecule has 2 rings (SSSR count). The maximum atomic E-state index is 11.2. The molecule has 5 heteroatoms. The lowest BCUT2D eigenvalue weighted by Gasteiger charge is -2.20. The van der Waals surface area contributed by atoms with Crippen molar-refractivity contribution in [2.45, 2.75) is 25.5 Å². The van der Waals surface area contributed by atoms with Crippen LogP contribution in [0.1, 0.15) is 35.7 Å². The van der Waals surface area contributed by atoms with Crippen molar-refractivity contribution in [3.8, 4) is 0 Å². The van der Waals surface area contributed by atoms with Crippen molar-refractivity contribution in [2.75, 3.05) is 13.7 Å². The van der Waals surface area contributed by atoms with Crippen LogP contribution in [0.3, 0.4) is 0 Å². The molecule has 5 nitrogen and oxygen atoms in total. The zero-order valence-corrected chi connectivity index (χ0v) is 10.0. The Kier molecular flexibility index (Phi) is 3.49. The van der Waals surface area contributed by atoms with Crippen LogP contribution in [0.2, 0.25) is 0 Å². The number of nitrogens with two attached hydrogens (primary N) is 1. The zero-order valence-electron chi connectivity index (χ0n) is 10.0. The molecule has 3 unspecified atom stereocenters. The molecule has 1 fully saturated rings. The van der Waals surface area contributed by atoms with E-state index in [1.807, 2.05) is 0 Å². The number of carbonyl (C=O) groups excluding carboxylic acids is 1. The Balaban J connectivity index is 2.11. The molecule has 0 spiro atoms. The summed E-state index contributed by atoms with van der Waals surface area (Å²) in [4.78, 5) is 11.2. The van der Waals surface area contributed by atoms with Gasteiger partial charge < -0.3 is 19.6 Å². The zero-order chi connectivity index (χ0) is 12.4. The Morgan fingerprint density at radius 1 is 1.59 bits per heavy atom. The van der Waals surface area contributed by atoms with E-state index in [4.69, 9.17) is 14.9 Å². The van der Waals surface area contributed by atoms with Gasteiger partial charge in [0.25, 0.3) is 0 Å². The molecule has 1 aliphatic rings. The van der Waals surface area contributed by atoms with Crippen LogP contribution in [0.4, 0.5) is 0 Å². The second-order valence-corrected chi connectivity index (χ2v) is 4.32. The first-order valence-corrected chi connectivity index (χ1v) is 5.68. The fourth-order valence-corrected chi connectivity index (χ4v) is 2.08. The van der Waals surface area contributed by atoms with Crippen molar-refractivity contribution in [3.05, 3.63) is 23.7 Å². The van der Waals surface area contributed by atoms with Gasteiger partial charge in [0.1, 0.15) is 5.76 Å². The minimum absolute atomic E-state index is 0.0494. The van der Waals surface area contributed by atoms with E-state index < -0.39 is 5.97 Å². The highest BCUT2D eigenvalue weighted by molar-refractivity contribution is 5.86. The van der Waals surface area contributed by atoms with Gasteiger partial charge in [-0.2, -0.15) is 0 Å². The standard InChI is InChI=1S/C12H17NO4/c1-7-5-6-16-11(7)10(13)8-3-4-9(17-8)12(14)15-2/h3-4,7,10-11H,5-6,13H2,1-2H3. The molecule has 2 heterocycles. The summed E-state index contributed by atoms with van der Waals surface area (Å²) >= 11 is 0. The average molecular weight is 239 g/mol. The van der Waals surface area contributed by atoms with Gasteiger partial charge >= 0.3 is 5.97 Å². The Bertz CT molecular complexity index is 401. The second kappa shape index (κ2) is 4.89. The molecule has 0 amide bonds. The first-order chi connectivity index (χ1) is 8.13. The van der Waals surface area contributed by atoms with Gasteiger partial charge in [-0.3, -0.25) is 0 Å². The molecule has 2 N–H and O–H groups in total. The summed E-state index contributed by atoms with van der Waals surface area (Å²) < 4.78 is 15.5. The molecule has 0 radical (unpaired) electrons. The molecular formula is C12H17NO4. The molecule has 3 atom stereocenters. The lowest BCUT2D eigenvalue weighted by molar-refractivity contribution is 0.0537. The molecule has 0 saturated carbocycles. The Morgan fingerprint density at radius 2 is 2.35 bits per heavy atom. The predicted octanol–water partition coefficient (Wildman–Crippen LogP) is 1.49. The average Bonchev–Trinajstić information content (AvgIpc) is 2.95. The quantitative estimate of drug-likeness (QED) is 0.809. The highest BCUT2D eigenvalue weighted by Gasteiger charge is 2.32. The second-order valence-electron chi connectivity index (χ2n) is 4.32. The van der Waals surface area contributed by atoms with Crippen LogP contribution >= 0.6 is 0 Å². The third-order valence-corrected chi connectivity index (χ3v) is 3.14. The number of furan rings is 1. The summed E-state index contributed by atoms with van der Waals surface area (Å²) in [6, 6.07) is 2.93. The summed E-state index contributed by atoms with van der Waals surface area (Å²) in [7, 11) is 1.31. The molecular weight excluding hydrogens is 222 g/mol. The number of hydrogen-bond acceptors (Lipinski definition) is 5. The Morgan fingerprint density at radius 3 is 2.94 bits per heavy atom. The smallest absolute Gasteiger partial charge is 0.373 e. The van der Waals surface area contributed by atoms with Gasteiger partial charge in [-0.25, -0.2) is 4.79 Å². The summed E-state index contributed by atoms with van der Waals surface area (Å²) in [5, 5.41) is 0. The number of methoxy groups -OCH3 is 1. The minimum Gasteiger partial charge on any atom is -0.463 e. The number of ether oxygens (including phenoxy) is 2. The van der Waals surface area contributed by atoms with Crippen LogP contribution in [-0.4, -0.2) is 25.8 Å². The molecule has 0 bridgehead atoms. The van der Waals surface area contributed by atoms with Gasteiger partial charge in [0.05, 0.1) is 19.3 Å². The van der Waals surface area contributed by atoms with Gasteiger partial charge in [-0.1, -0.05) is 6.92 Å². The van der Waals surface area contributed by atoms with Crippen LogP contribution in [0, 0.1) is 5.92 Å². The normalized spacial score (nSPS) is 25.8. The fourth-order valence-electron chi connectivity index (χ4n) is 2.08. The third kappa shape index (κ3) is 2.35. The highest BCUT2D eigenvalue weighted by atomic mass is 16.5. The monoisotopic (exact) mass is 239 g/mol. The molecule has 94 valence electrons. The summed E-state index contributed by atoms with van der Waals surface area (Å²) in [6.45, 7) is 2.83. The van der Waals surface area contributed by atoms with Crippen LogP contribution in [0.5, 0.6) is 0 Å². The first kappa shape index (κ1) is 12.1. The Labute approximate surface area is 99.9 Å². The van der Waals surface area contributed by atoms with E-state index in [0.29, 0.717) is 11.7 Å². The van der Waals surface area contributed by atoms with Gasteiger partial charge in [0.15, 0.2) is 0 Å². The maximum absolute atomic E-state index is 11.2. The SMILES string of the molecule is COC(=O)c1ccc(C(N)C2OCCC2C)o1. The van der Waals surface area contributed by atoms with Crippen molar-refractivity contribution >= 4 is 5.97 Å². The van der Waals surface area contributed by atoms with E-state index in [0.717, 1.165) is 13.0 Å². The highest BCUT2D eigenvalue weighted by Crippen LogP contribution is 2.30. The van der Waals surface area contributed by atoms with E-state index in [2.05, 4.69) is 11.7 Å². The van der Waals surface area contributed by atoms with Gasteiger partial charge in [0, 0.05) is 6.61 Å². The van der Waals surface area contributed by atoms with E-state index >= 15 is 0 Å². The van der Waals surface area contributed by atoms with Gasteiger partial charge in [0.2, 0.25) is 5.76 Å². The van der Waals surface area contributed by atoms with E-state index in [-0.39, 0.29) is 17.9 Å². The summed E-state index contributed by atoms with van der Waals surface area (Å²) in [5.74, 6) is 0.633. The first-order valence-electron chi connectivity index (χ1n) is 5.68. The van der Waals surface area contributed by atoms with Crippen molar-refractivity contribution in [1.29, 1.82) is 0 Å². The van der Waals surface area contributed by atoms with Gasteiger partial charge in [-0.15, -0.1) is 0 Å². The molecule has 17 heavy (non-hydrogen) atoms.